The maximum absolute atomic E-state index is 13.7. The van der Waals surface area contributed by atoms with Crippen molar-refractivity contribution >= 4 is 16.9 Å². The fourth-order valence-electron chi connectivity index (χ4n) is 4.10. The SMILES string of the molecule is N#Cc1ccc2c(-c3nc(NC4Cc5ccccc5C4)ncc3C(F)(F)F)c[nH]c2c1. The minimum Gasteiger partial charge on any atom is -0.360 e. The predicted octanol–water partition coefficient (Wildman–Crippen LogP) is 5.09. The molecule has 0 unspecified atom stereocenters. The molecule has 2 aromatic heterocycles. The molecule has 2 heterocycles. The number of aromatic nitrogens is 3. The third kappa shape index (κ3) is 3.48. The minimum absolute atomic E-state index is 0.0168. The lowest BCUT2D eigenvalue weighted by molar-refractivity contribution is -0.137. The molecule has 1 aliphatic rings. The van der Waals surface area contributed by atoms with E-state index in [2.05, 4.69) is 32.4 Å². The Labute approximate surface area is 175 Å². The normalized spacial score (nSPS) is 13.9. The lowest BCUT2D eigenvalue weighted by Crippen LogP contribution is -2.22. The number of anilines is 1. The van der Waals surface area contributed by atoms with E-state index in [4.69, 9.17) is 5.26 Å². The molecule has 0 saturated heterocycles. The Morgan fingerprint density at radius 1 is 1.10 bits per heavy atom. The van der Waals surface area contributed by atoms with Crippen LogP contribution in [0.1, 0.15) is 22.3 Å². The van der Waals surface area contributed by atoms with E-state index in [0.717, 1.165) is 19.0 Å². The lowest BCUT2D eigenvalue weighted by Gasteiger charge is -2.16. The van der Waals surface area contributed by atoms with Crippen LogP contribution in [0.2, 0.25) is 0 Å². The average molecular weight is 419 g/mol. The molecule has 154 valence electrons. The number of aromatic amines is 1. The number of hydrogen-bond donors (Lipinski definition) is 2. The van der Waals surface area contributed by atoms with E-state index in [1.54, 1.807) is 18.2 Å². The van der Waals surface area contributed by atoms with Gasteiger partial charge in [0.1, 0.15) is 5.56 Å². The number of nitrogens with zero attached hydrogens (tertiary/aromatic N) is 3. The first-order valence-electron chi connectivity index (χ1n) is 9.71. The van der Waals surface area contributed by atoms with E-state index < -0.39 is 11.7 Å². The summed E-state index contributed by atoms with van der Waals surface area (Å²) in [5.74, 6) is 0.156. The van der Waals surface area contributed by atoms with Crippen molar-refractivity contribution < 1.29 is 13.2 Å². The second-order valence-corrected chi connectivity index (χ2v) is 7.55. The smallest absolute Gasteiger partial charge is 0.360 e. The molecule has 0 spiro atoms. The number of nitriles is 1. The predicted molar refractivity (Wildman–Crippen MR) is 110 cm³/mol. The van der Waals surface area contributed by atoms with Crippen molar-refractivity contribution in [3.63, 3.8) is 0 Å². The van der Waals surface area contributed by atoms with Crippen LogP contribution in [0.15, 0.2) is 54.9 Å². The van der Waals surface area contributed by atoms with E-state index in [1.165, 1.54) is 17.3 Å². The van der Waals surface area contributed by atoms with Gasteiger partial charge in [-0.1, -0.05) is 30.3 Å². The van der Waals surface area contributed by atoms with Crippen LogP contribution in [0.4, 0.5) is 19.1 Å². The Balaban J connectivity index is 1.54. The number of alkyl halides is 3. The maximum atomic E-state index is 13.7. The summed E-state index contributed by atoms with van der Waals surface area (Å²) in [5, 5.41) is 12.8. The van der Waals surface area contributed by atoms with Crippen LogP contribution in [-0.2, 0) is 19.0 Å². The van der Waals surface area contributed by atoms with Crippen LogP contribution in [0, 0.1) is 11.3 Å². The topological polar surface area (TPSA) is 77.4 Å². The molecular formula is C23H16F3N5. The molecule has 0 aliphatic heterocycles. The average Bonchev–Trinajstić information content (AvgIpc) is 3.35. The molecule has 1 aliphatic carbocycles. The van der Waals surface area contributed by atoms with Crippen molar-refractivity contribution in [3.8, 4) is 17.3 Å². The molecule has 0 bridgehead atoms. The highest BCUT2D eigenvalue weighted by Gasteiger charge is 2.36. The zero-order chi connectivity index (χ0) is 21.6. The van der Waals surface area contributed by atoms with Gasteiger partial charge in [0.15, 0.2) is 0 Å². The summed E-state index contributed by atoms with van der Waals surface area (Å²) in [7, 11) is 0. The number of H-pyrrole nitrogens is 1. The van der Waals surface area contributed by atoms with E-state index >= 15 is 0 Å². The van der Waals surface area contributed by atoms with Crippen molar-refractivity contribution in [3.05, 3.63) is 77.1 Å². The summed E-state index contributed by atoms with van der Waals surface area (Å²) in [5.41, 5.74) is 2.64. The fraction of sp³-hybridized carbons (Fsp3) is 0.174. The molecule has 2 aromatic carbocycles. The number of fused-ring (bicyclic) bond motifs is 2. The molecule has 5 rings (SSSR count). The summed E-state index contributed by atoms with van der Waals surface area (Å²) in [6, 6.07) is 14.9. The monoisotopic (exact) mass is 419 g/mol. The highest BCUT2D eigenvalue weighted by molar-refractivity contribution is 5.96. The van der Waals surface area contributed by atoms with Crippen LogP contribution < -0.4 is 5.32 Å². The lowest BCUT2D eigenvalue weighted by atomic mass is 10.0. The molecule has 0 atom stereocenters. The summed E-state index contributed by atoms with van der Waals surface area (Å²) in [4.78, 5) is 11.2. The number of benzene rings is 2. The van der Waals surface area contributed by atoms with Crippen molar-refractivity contribution in [1.29, 1.82) is 5.26 Å². The molecule has 8 heteroatoms. The second kappa shape index (κ2) is 7.13. The summed E-state index contributed by atoms with van der Waals surface area (Å²) >= 11 is 0. The Hall–Kier alpha value is -3.86. The largest absolute Gasteiger partial charge is 0.419 e. The van der Waals surface area contributed by atoms with Crippen molar-refractivity contribution in [2.24, 2.45) is 0 Å². The first kappa shape index (κ1) is 19.1. The van der Waals surface area contributed by atoms with E-state index in [-0.39, 0.29) is 17.7 Å². The van der Waals surface area contributed by atoms with Crippen LogP contribution in [-0.4, -0.2) is 21.0 Å². The van der Waals surface area contributed by atoms with Crippen LogP contribution in [0.3, 0.4) is 0 Å². The molecule has 2 N–H and O–H groups in total. The molecule has 0 radical (unpaired) electrons. The van der Waals surface area contributed by atoms with E-state index in [1.807, 2.05) is 18.2 Å². The van der Waals surface area contributed by atoms with Gasteiger partial charge in [0.2, 0.25) is 5.95 Å². The molecule has 4 aromatic rings. The Morgan fingerprint density at radius 2 is 1.84 bits per heavy atom. The third-order valence-corrected chi connectivity index (χ3v) is 5.54. The van der Waals surface area contributed by atoms with Gasteiger partial charge in [-0.2, -0.15) is 18.4 Å². The molecule has 0 fully saturated rings. The quantitative estimate of drug-likeness (QED) is 0.485. The zero-order valence-corrected chi connectivity index (χ0v) is 16.2. The minimum atomic E-state index is -4.60. The van der Waals surface area contributed by atoms with Gasteiger partial charge in [-0.15, -0.1) is 0 Å². The molecular weight excluding hydrogens is 403 g/mol. The third-order valence-electron chi connectivity index (χ3n) is 5.54. The molecule has 5 nitrogen and oxygen atoms in total. The van der Waals surface area contributed by atoms with Gasteiger partial charge in [-0.25, -0.2) is 9.97 Å². The summed E-state index contributed by atoms with van der Waals surface area (Å²) in [6.45, 7) is 0. The molecule has 31 heavy (non-hydrogen) atoms. The highest BCUT2D eigenvalue weighted by Crippen LogP contribution is 2.39. The van der Waals surface area contributed by atoms with E-state index in [9.17, 15) is 13.2 Å². The number of hydrogen-bond acceptors (Lipinski definition) is 4. The Bertz CT molecular complexity index is 1310. The van der Waals surface area contributed by atoms with Gasteiger partial charge in [0, 0.05) is 34.9 Å². The van der Waals surface area contributed by atoms with Crippen molar-refractivity contribution in [2.75, 3.05) is 5.32 Å². The van der Waals surface area contributed by atoms with Gasteiger partial charge in [-0.3, -0.25) is 0 Å². The first-order valence-corrected chi connectivity index (χ1v) is 9.71. The number of rotatable bonds is 3. The highest BCUT2D eigenvalue weighted by atomic mass is 19.4. The number of nitrogens with one attached hydrogen (secondary N) is 2. The Kier molecular flexibility index (Phi) is 4.40. The van der Waals surface area contributed by atoms with Gasteiger partial charge in [0.05, 0.1) is 17.3 Å². The molecule has 0 amide bonds. The van der Waals surface area contributed by atoms with Gasteiger partial charge in [-0.05, 0) is 36.1 Å². The standard InChI is InChI=1S/C23H16F3N5/c24-23(25,26)19-12-29-22(30-16-8-14-3-1-2-4-15(14)9-16)31-21(19)18-11-28-20-7-13(10-27)5-6-17(18)20/h1-7,11-12,16,28H,8-9H2,(H,29,30,31). The summed E-state index contributed by atoms with van der Waals surface area (Å²) < 4.78 is 41.2. The van der Waals surface area contributed by atoms with Crippen molar-refractivity contribution in [1.82, 2.24) is 15.0 Å². The van der Waals surface area contributed by atoms with Crippen LogP contribution >= 0.6 is 0 Å². The van der Waals surface area contributed by atoms with E-state index in [0.29, 0.717) is 22.0 Å². The first-order chi connectivity index (χ1) is 14.9. The van der Waals surface area contributed by atoms with Crippen molar-refractivity contribution in [2.45, 2.75) is 25.1 Å². The zero-order valence-electron chi connectivity index (χ0n) is 16.2. The van der Waals surface area contributed by atoms with Gasteiger partial charge >= 0.3 is 6.18 Å². The van der Waals surface area contributed by atoms with Crippen LogP contribution in [0.25, 0.3) is 22.2 Å². The number of halogens is 3. The summed E-state index contributed by atoms with van der Waals surface area (Å²) in [6.07, 6.45) is -0.763. The Morgan fingerprint density at radius 3 is 2.52 bits per heavy atom. The van der Waals surface area contributed by atoms with Crippen LogP contribution in [0.5, 0.6) is 0 Å². The fourth-order valence-corrected chi connectivity index (χ4v) is 4.10. The van der Waals surface area contributed by atoms with Gasteiger partial charge < -0.3 is 10.3 Å². The van der Waals surface area contributed by atoms with Gasteiger partial charge in [0.25, 0.3) is 0 Å². The second-order valence-electron chi connectivity index (χ2n) is 7.55. The maximum Gasteiger partial charge on any atom is 0.419 e. The molecule has 0 saturated carbocycles.